The Kier molecular flexibility index (Phi) is 8.01. The van der Waals surface area contributed by atoms with E-state index < -0.39 is 28.5 Å². The van der Waals surface area contributed by atoms with Gasteiger partial charge in [0, 0.05) is 5.56 Å². The molecule has 0 saturated heterocycles. The number of amides is 1. The zero-order chi connectivity index (χ0) is 24.7. The van der Waals surface area contributed by atoms with Gasteiger partial charge in [-0.1, -0.05) is 18.2 Å². The number of methoxy groups -OCH3 is 3. The van der Waals surface area contributed by atoms with E-state index in [1.807, 2.05) is 0 Å². The second-order valence-electron chi connectivity index (χ2n) is 7.42. The molecule has 0 aliphatic heterocycles. The number of anilines is 1. The molecule has 1 atom stereocenters. The Balaban J connectivity index is 1.88. The van der Waals surface area contributed by atoms with Crippen LogP contribution in [0.5, 0.6) is 17.2 Å². The van der Waals surface area contributed by atoms with Crippen molar-refractivity contribution in [3.8, 4) is 17.2 Å². The summed E-state index contributed by atoms with van der Waals surface area (Å²) in [6.45, 7) is 1.38. The molecule has 0 saturated carbocycles. The van der Waals surface area contributed by atoms with Crippen LogP contribution < -0.4 is 23.8 Å². The Morgan fingerprint density at radius 1 is 0.882 bits per heavy atom. The molecule has 3 rings (SSSR count). The van der Waals surface area contributed by atoms with E-state index in [2.05, 4.69) is 5.32 Å². The molecule has 180 valence electrons. The number of hydrogen-bond acceptors (Lipinski definition) is 6. The minimum atomic E-state index is -4.03. The van der Waals surface area contributed by atoms with Gasteiger partial charge in [-0.25, -0.2) is 8.42 Å². The summed E-state index contributed by atoms with van der Waals surface area (Å²) in [5.74, 6) is 1.26. The summed E-state index contributed by atoms with van der Waals surface area (Å²) < 4.78 is 43.8. The molecule has 0 aliphatic carbocycles. The standard InChI is InChI=1S/C25H28N2O6S/c1-18(23-16-21(32-3)12-15-24(23)33-4)26-25(28)17-27(19-8-6-5-7-9-19)34(29,30)22-13-10-20(31-2)11-14-22/h5-16,18H,17H2,1-4H3,(H,26,28)/t18-/m1/s1. The van der Waals surface area contributed by atoms with Gasteiger partial charge in [-0.05, 0) is 61.5 Å². The second-order valence-corrected chi connectivity index (χ2v) is 9.28. The van der Waals surface area contributed by atoms with Crippen molar-refractivity contribution in [2.24, 2.45) is 0 Å². The van der Waals surface area contributed by atoms with Crippen LogP contribution >= 0.6 is 0 Å². The zero-order valence-corrected chi connectivity index (χ0v) is 20.3. The van der Waals surface area contributed by atoms with Gasteiger partial charge in [0.05, 0.1) is 38.0 Å². The van der Waals surface area contributed by atoms with Gasteiger partial charge < -0.3 is 19.5 Å². The lowest BCUT2D eigenvalue weighted by Gasteiger charge is -2.25. The highest BCUT2D eigenvalue weighted by molar-refractivity contribution is 7.92. The number of carbonyl (C=O) groups is 1. The Labute approximate surface area is 200 Å². The van der Waals surface area contributed by atoms with E-state index in [0.29, 0.717) is 28.5 Å². The molecule has 0 radical (unpaired) electrons. The van der Waals surface area contributed by atoms with Crippen molar-refractivity contribution in [2.75, 3.05) is 32.2 Å². The van der Waals surface area contributed by atoms with Crippen molar-refractivity contribution in [1.29, 1.82) is 0 Å². The summed E-state index contributed by atoms with van der Waals surface area (Å²) in [5, 5.41) is 2.86. The number of rotatable bonds is 10. The third-order valence-electron chi connectivity index (χ3n) is 5.26. The van der Waals surface area contributed by atoms with E-state index in [1.54, 1.807) is 81.8 Å². The predicted molar refractivity (Wildman–Crippen MR) is 130 cm³/mol. The minimum absolute atomic E-state index is 0.0486. The van der Waals surface area contributed by atoms with Gasteiger partial charge in [-0.3, -0.25) is 9.10 Å². The molecule has 0 unspecified atom stereocenters. The summed E-state index contributed by atoms with van der Waals surface area (Å²) in [7, 11) is 0.569. The molecule has 0 aromatic heterocycles. The fourth-order valence-corrected chi connectivity index (χ4v) is 4.88. The fraction of sp³-hybridized carbons (Fsp3) is 0.240. The maximum absolute atomic E-state index is 13.5. The van der Waals surface area contributed by atoms with Crippen molar-refractivity contribution in [3.05, 3.63) is 78.4 Å². The van der Waals surface area contributed by atoms with E-state index in [1.165, 1.54) is 19.2 Å². The van der Waals surface area contributed by atoms with Gasteiger partial charge in [-0.2, -0.15) is 0 Å². The summed E-state index contributed by atoms with van der Waals surface area (Å²) in [6, 6.07) is 19.3. The normalized spacial score (nSPS) is 11.9. The number of nitrogens with one attached hydrogen (secondary N) is 1. The third-order valence-corrected chi connectivity index (χ3v) is 7.05. The summed E-state index contributed by atoms with van der Waals surface area (Å²) in [5.41, 5.74) is 1.08. The highest BCUT2D eigenvalue weighted by Crippen LogP contribution is 2.30. The van der Waals surface area contributed by atoms with Crippen LogP contribution in [-0.4, -0.2) is 42.2 Å². The van der Waals surface area contributed by atoms with Crippen molar-refractivity contribution < 1.29 is 27.4 Å². The van der Waals surface area contributed by atoms with Gasteiger partial charge in [0.1, 0.15) is 23.8 Å². The van der Waals surface area contributed by atoms with Crippen molar-refractivity contribution >= 4 is 21.6 Å². The third kappa shape index (κ3) is 5.60. The molecule has 0 bridgehead atoms. The predicted octanol–water partition coefficient (Wildman–Crippen LogP) is 3.79. The number of nitrogens with zero attached hydrogens (tertiary/aromatic N) is 1. The number of para-hydroxylation sites is 1. The lowest BCUT2D eigenvalue weighted by Crippen LogP contribution is -2.41. The Bertz CT molecular complexity index is 1210. The first-order valence-corrected chi connectivity index (χ1v) is 12.0. The number of hydrogen-bond donors (Lipinski definition) is 1. The summed E-state index contributed by atoms with van der Waals surface area (Å²) in [4.78, 5) is 13.1. The molecule has 34 heavy (non-hydrogen) atoms. The molecule has 1 amide bonds. The van der Waals surface area contributed by atoms with E-state index in [9.17, 15) is 13.2 Å². The summed E-state index contributed by atoms with van der Waals surface area (Å²) >= 11 is 0. The van der Waals surface area contributed by atoms with Crippen LogP contribution in [0, 0.1) is 0 Å². The molecule has 0 fully saturated rings. The average molecular weight is 485 g/mol. The van der Waals surface area contributed by atoms with Crippen LogP contribution in [0.1, 0.15) is 18.5 Å². The maximum Gasteiger partial charge on any atom is 0.264 e. The molecule has 3 aromatic rings. The van der Waals surface area contributed by atoms with Gasteiger partial charge >= 0.3 is 0 Å². The monoisotopic (exact) mass is 484 g/mol. The van der Waals surface area contributed by atoms with E-state index in [-0.39, 0.29) is 4.90 Å². The van der Waals surface area contributed by atoms with Crippen molar-refractivity contribution in [1.82, 2.24) is 5.32 Å². The van der Waals surface area contributed by atoms with E-state index in [0.717, 1.165) is 4.31 Å². The quantitative estimate of drug-likeness (QED) is 0.471. The minimum Gasteiger partial charge on any atom is -0.497 e. The number of carbonyl (C=O) groups excluding carboxylic acids is 1. The number of ether oxygens (including phenoxy) is 3. The highest BCUT2D eigenvalue weighted by Gasteiger charge is 2.28. The largest absolute Gasteiger partial charge is 0.497 e. The smallest absolute Gasteiger partial charge is 0.264 e. The maximum atomic E-state index is 13.5. The van der Waals surface area contributed by atoms with Crippen LogP contribution in [0.2, 0.25) is 0 Å². The Morgan fingerprint density at radius 3 is 2.09 bits per heavy atom. The average Bonchev–Trinajstić information content (AvgIpc) is 2.87. The first-order valence-electron chi connectivity index (χ1n) is 10.5. The van der Waals surface area contributed by atoms with Crippen molar-refractivity contribution in [3.63, 3.8) is 0 Å². The van der Waals surface area contributed by atoms with Gasteiger partial charge in [0.25, 0.3) is 10.0 Å². The molecule has 3 aromatic carbocycles. The molecule has 0 aliphatic rings. The van der Waals surface area contributed by atoms with Gasteiger partial charge in [-0.15, -0.1) is 0 Å². The Hall–Kier alpha value is -3.72. The molecule has 0 spiro atoms. The van der Waals surface area contributed by atoms with Crippen LogP contribution in [0.4, 0.5) is 5.69 Å². The SMILES string of the molecule is COc1ccc(S(=O)(=O)N(CC(=O)N[C@H](C)c2cc(OC)ccc2OC)c2ccccc2)cc1. The number of sulfonamides is 1. The van der Waals surface area contributed by atoms with Crippen LogP contribution in [0.15, 0.2) is 77.7 Å². The number of benzene rings is 3. The lowest BCUT2D eigenvalue weighted by atomic mass is 10.1. The van der Waals surface area contributed by atoms with Gasteiger partial charge in [0.2, 0.25) is 5.91 Å². The first kappa shape index (κ1) is 24.9. The van der Waals surface area contributed by atoms with E-state index >= 15 is 0 Å². The lowest BCUT2D eigenvalue weighted by molar-refractivity contribution is -0.120. The second kappa shape index (κ2) is 10.9. The Morgan fingerprint density at radius 2 is 1.50 bits per heavy atom. The first-order chi connectivity index (χ1) is 16.3. The highest BCUT2D eigenvalue weighted by atomic mass is 32.2. The van der Waals surface area contributed by atoms with Crippen LogP contribution in [0.3, 0.4) is 0 Å². The van der Waals surface area contributed by atoms with Crippen molar-refractivity contribution in [2.45, 2.75) is 17.9 Å². The van der Waals surface area contributed by atoms with Crippen LogP contribution in [0.25, 0.3) is 0 Å². The molecular formula is C25H28N2O6S. The molecule has 9 heteroatoms. The zero-order valence-electron chi connectivity index (χ0n) is 19.5. The molecule has 0 heterocycles. The van der Waals surface area contributed by atoms with Gasteiger partial charge in [0.15, 0.2) is 0 Å². The van der Waals surface area contributed by atoms with E-state index in [4.69, 9.17) is 14.2 Å². The fourth-order valence-electron chi connectivity index (χ4n) is 3.46. The topological polar surface area (TPSA) is 94.2 Å². The molecule has 1 N–H and O–H groups in total. The molecule has 8 nitrogen and oxygen atoms in total. The van der Waals surface area contributed by atoms with Crippen LogP contribution in [-0.2, 0) is 14.8 Å². The molecular weight excluding hydrogens is 456 g/mol. The summed E-state index contributed by atoms with van der Waals surface area (Å²) in [6.07, 6.45) is 0.